The molecule has 0 saturated carbocycles. The van der Waals surface area contributed by atoms with Gasteiger partial charge in [-0.05, 0) is 68.5 Å². The van der Waals surface area contributed by atoms with E-state index in [9.17, 15) is 4.79 Å². The SMILES string of the molecule is CCOc1ccc(C2C3=C(CCCC3=O)Nc3nc(-c4ccc(C)c(C)c4)nn32)cc1OC. The van der Waals surface area contributed by atoms with E-state index in [2.05, 4.69) is 31.3 Å². The quantitative estimate of drug-likeness (QED) is 0.597. The van der Waals surface area contributed by atoms with E-state index < -0.39 is 0 Å². The fraction of sp³-hybridized carbons (Fsp3) is 0.346. The number of ether oxygens (including phenoxy) is 2. The lowest BCUT2D eigenvalue weighted by atomic mass is 9.85. The zero-order valence-electron chi connectivity index (χ0n) is 19.4. The number of fused-ring (bicyclic) bond motifs is 1. The van der Waals surface area contributed by atoms with E-state index in [4.69, 9.17) is 19.6 Å². The highest BCUT2D eigenvalue weighted by Gasteiger charge is 2.37. The van der Waals surface area contributed by atoms with Crippen LogP contribution < -0.4 is 14.8 Å². The van der Waals surface area contributed by atoms with Crippen LogP contribution in [0.2, 0.25) is 0 Å². The largest absolute Gasteiger partial charge is 0.493 e. The molecule has 33 heavy (non-hydrogen) atoms. The third kappa shape index (κ3) is 3.67. The van der Waals surface area contributed by atoms with Gasteiger partial charge in [0.2, 0.25) is 5.95 Å². The van der Waals surface area contributed by atoms with Gasteiger partial charge in [0, 0.05) is 23.3 Å². The highest BCUT2D eigenvalue weighted by Crippen LogP contribution is 2.42. The standard InChI is InChI=1S/C26H28N4O3/c1-5-33-21-12-11-17(14-22(21)32-4)24-23-19(7-6-8-20(23)31)27-26-28-25(29-30(24)26)18-10-9-15(2)16(3)13-18/h9-14,24H,5-8H2,1-4H3,(H,27,28,29). The number of rotatable bonds is 5. The smallest absolute Gasteiger partial charge is 0.226 e. The lowest BCUT2D eigenvalue weighted by Gasteiger charge is -2.32. The first kappa shape index (κ1) is 21.2. The first-order valence-corrected chi connectivity index (χ1v) is 11.4. The molecule has 0 bridgehead atoms. The van der Waals surface area contributed by atoms with E-state index in [-0.39, 0.29) is 11.8 Å². The molecule has 0 radical (unpaired) electrons. The van der Waals surface area contributed by atoms with Gasteiger partial charge < -0.3 is 14.8 Å². The molecule has 1 aliphatic heterocycles. The van der Waals surface area contributed by atoms with Gasteiger partial charge in [-0.25, -0.2) is 4.68 Å². The zero-order valence-corrected chi connectivity index (χ0v) is 19.4. The number of benzene rings is 2. The number of carbonyl (C=O) groups is 1. The molecule has 1 aromatic heterocycles. The summed E-state index contributed by atoms with van der Waals surface area (Å²) in [5, 5.41) is 8.27. The minimum Gasteiger partial charge on any atom is -0.493 e. The fourth-order valence-corrected chi connectivity index (χ4v) is 4.60. The number of anilines is 1. The van der Waals surface area contributed by atoms with Crippen molar-refractivity contribution in [2.45, 2.75) is 46.1 Å². The highest BCUT2D eigenvalue weighted by molar-refractivity contribution is 5.99. The third-order valence-electron chi connectivity index (χ3n) is 6.44. The number of nitrogens with zero attached hydrogens (tertiary/aromatic N) is 3. The number of methoxy groups -OCH3 is 1. The molecule has 0 saturated heterocycles. The second kappa shape index (κ2) is 8.39. The van der Waals surface area contributed by atoms with Crippen LogP contribution in [0, 0.1) is 13.8 Å². The second-order valence-electron chi connectivity index (χ2n) is 8.54. The molecule has 7 nitrogen and oxygen atoms in total. The predicted octanol–water partition coefficient (Wildman–Crippen LogP) is 4.99. The Kier molecular flexibility index (Phi) is 5.40. The van der Waals surface area contributed by atoms with Crippen LogP contribution in [0.15, 0.2) is 47.7 Å². The van der Waals surface area contributed by atoms with Crippen LogP contribution in [0.3, 0.4) is 0 Å². The number of ketones is 1. The van der Waals surface area contributed by atoms with Crippen molar-refractivity contribution in [3.63, 3.8) is 0 Å². The molecule has 0 fully saturated rings. The van der Waals surface area contributed by atoms with Crippen LogP contribution in [-0.4, -0.2) is 34.3 Å². The van der Waals surface area contributed by atoms with Crippen molar-refractivity contribution in [3.05, 3.63) is 64.4 Å². The van der Waals surface area contributed by atoms with Gasteiger partial charge in [0.15, 0.2) is 23.1 Å². The van der Waals surface area contributed by atoms with Crippen LogP contribution >= 0.6 is 0 Å². The molecule has 1 N–H and O–H groups in total. The number of aromatic nitrogens is 3. The van der Waals surface area contributed by atoms with Crippen molar-refractivity contribution >= 4 is 11.7 Å². The highest BCUT2D eigenvalue weighted by atomic mass is 16.5. The van der Waals surface area contributed by atoms with Crippen molar-refractivity contribution in [1.29, 1.82) is 0 Å². The monoisotopic (exact) mass is 444 g/mol. The van der Waals surface area contributed by atoms with E-state index in [1.165, 1.54) is 11.1 Å². The second-order valence-corrected chi connectivity index (χ2v) is 8.54. The van der Waals surface area contributed by atoms with Crippen LogP contribution in [0.5, 0.6) is 11.5 Å². The molecule has 1 atom stereocenters. The Balaban J connectivity index is 1.65. The number of hydrogen-bond donors (Lipinski definition) is 1. The average Bonchev–Trinajstić information content (AvgIpc) is 3.24. The number of aryl methyl sites for hydroxylation is 2. The molecule has 2 heterocycles. The summed E-state index contributed by atoms with van der Waals surface area (Å²) in [6.07, 6.45) is 2.19. The summed E-state index contributed by atoms with van der Waals surface area (Å²) < 4.78 is 13.1. The molecule has 3 aromatic rings. The van der Waals surface area contributed by atoms with Gasteiger partial charge in [0.05, 0.1) is 13.7 Å². The molecular weight excluding hydrogens is 416 g/mol. The van der Waals surface area contributed by atoms with Crippen LogP contribution in [0.1, 0.15) is 48.9 Å². The molecule has 1 unspecified atom stereocenters. The predicted molar refractivity (Wildman–Crippen MR) is 127 cm³/mol. The third-order valence-corrected chi connectivity index (χ3v) is 6.44. The van der Waals surface area contributed by atoms with E-state index in [0.717, 1.165) is 35.2 Å². The lowest BCUT2D eigenvalue weighted by Crippen LogP contribution is -2.31. The number of hydrogen-bond acceptors (Lipinski definition) is 6. The summed E-state index contributed by atoms with van der Waals surface area (Å²) >= 11 is 0. The molecule has 2 aromatic carbocycles. The Morgan fingerprint density at radius 2 is 1.94 bits per heavy atom. The van der Waals surface area contributed by atoms with Gasteiger partial charge in [0.1, 0.15) is 6.04 Å². The Bertz CT molecular complexity index is 1270. The maximum absolute atomic E-state index is 13.1. The van der Waals surface area contributed by atoms with Crippen molar-refractivity contribution in [1.82, 2.24) is 14.8 Å². The van der Waals surface area contributed by atoms with Crippen molar-refractivity contribution in [2.24, 2.45) is 0 Å². The molecule has 170 valence electrons. The summed E-state index contributed by atoms with van der Waals surface area (Å²) in [5.41, 5.74) is 5.98. The summed E-state index contributed by atoms with van der Waals surface area (Å²) in [7, 11) is 1.62. The van der Waals surface area contributed by atoms with Crippen LogP contribution in [-0.2, 0) is 4.79 Å². The van der Waals surface area contributed by atoms with Gasteiger partial charge in [-0.1, -0.05) is 18.2 Å². The minimum absolute atomic E-state index is 0.149. The van der Waals surface area contributed by atoms with Gasteiger partial charge in [-0.2, -0.15) is 4.98 Å². The van der Waals surface area contributed by atoms with Crippen molar-refractivity contribution < 1.29 is 14.3 Å². The molecule has 2 aliphatic rings. The average molecular weight is 445 g/mol. The number of nitrogens with one attached hydrogen (secondary N) is 1. The lowest BCUT2D eigenvalue weighted by molar-refractivity contribution is -0.116. The van der Waals surface area contributed by atoms with Crippen LogP contribution in [0.4, 0.5) is 5.95 Å². The maximum atomic E-state index is 13.1. The summed E-state index contributed by atoms with van der Waals surface area (Å²) in [6.45, 7) is 6.66. The Morgan fingerprint density at radius 1 is 1.09 bits per heavy atom. The zero-order chi connectivity index (χ0) is 23.1. The summed E-state index contributed by atoms with van der Waals surface area (Å²) in [5.74, 6) is 2.74. The number of carbonyl (C=O) groups excluding carboxylic acids is 1. The van der Waals surface area contributed by atoms with Crippen molar-refractivity contribution in [3.8, 4) is 22.9 Å². The molecule has 1 aliphatic carbocycles. The number of allylic oxidation sites excluding steroid dienone is 2. The first-order chi connectivity index (χ1) is 16.0. The summed E-state index contributed by atoms with van der Waals surface area (Å²) in [4.78, 5) is 17.9. The van der Waals surface area contributed by atoms with E-state index in [0.29, 0.717) is 36.3 Å². The minimum atomic E-state index is -0.374. The molecule has 0 amide bonds. The summed E-state index contributed by atoms with van der Waals surface area (Å²) in [6, 6.07) is 11.7. The Hall–Kier alpha value is -3.61. The molecule has 7 heteroatoms. The van der Waals surface area contributed by atoms with E-state index in [1.807, 2.05) is 35.9 Å². The van der Waals surface area contributed by atoms with Gasteiger partial charge in [-0.3, -0.25) is 4.79 Å². The maximum Gasteiger partial charge on any atom is 0.226 e. The van der Waals surface area contributed by atoms with Crippen LogP contribution in [0.25, 0.3) is 11.4 Å². The van der Waals surface area contributed by atoms with Gasteiger partial charge in [-0.15, -0.1) is 5.10 Å². The Labute approximate surface area is 193 Å². The molecular formula is C26H28N4O3. The normalized spacial score (nSPS) is 17.3. The van der Waals surface area contributed by atoms with E-state index in [1.54, 1.807) is 7.11 Å². The number of Topliss-reactive ketones (excluding diaryl/α,β-unsaturated/α-hetero) is 1. The van der Waals surface area contributed by atoms with Crippen molar-refractivity contribution in [2.75, 3.05) is 19.0 Å². The first-order valence-electron chi connectivity index (χ1n) is 11.4. The Morgan fingerprint density at radius 3 is 2.70 bits per heavy atom. The molecule has 0 spiro atoms. The molecule has 5 rings (SSSR count). The van der Waals surface area contributed by atoms with E-state index >= 15 is 0 Å². The van der Waals surface area contributed by atoms with Gasteiger partial charge in [0.25, 0.3) is 0 Å². The fourth-order valence-electron chi connectivity index (χ4n) is 4.60. The van der Waals surface area contributed by atoms with Gasteiger partial charge >= 0.3 is 0 Å². The topological polar surface area (TPSA) is 78.3 Å².